The van der Waals surface area contributed by atoms with Crippen LogP contribution in [0.15, 0.2) is 104 Å². The van der Waals surface area contributed by atoms with Crippen molar-refractivity contribution in [2.75, 3.05) is 0 Å². The molecule has 0 aromatic heterocycles. The number of fused-ring (bicyclic) bond motifs is 6. The zero-order chi connectivity index (χ0) is 22.9. The van der Waals surface area contributed by atoms with Gasteiger partial charge in [-0.3, -0.25) is 0 Å². The van der Waals surface area contributed by atoms with Crippen molar-refractivity contribution >= 4 is 0 Å². The van der Waals surface area contributed by atoms with Crippen molar-refractivity contribution < 1.29 is 0 Å². The first kappa shape index (κ1) is 21.2. The van der Waals surface area contributed by atoms with Gasteiger partial charge >= 0.3 is 0 Å². The van der Waals surface area contributed by atoms with Crippen LogP contribution < -0.4 is 0 Å². The lowest BCUT2D eigenvalue weighted by Crippen LogP contribution is -2.13. The maximum absolute atomic E-state index is 3.91. The molecule has 2 aliphatic carbocycles. The van der Waals surface area contributed by atoms with Gasteiger partial charge in [0, 0.05) is 5.92 Å². The maximum atomic E-state index is 3.91. The zero-order valence-corrected chi connectivity index (χ0v) is 19.8. The molecule has 168 valence electrons. The van der Waals surface area contributed by atoms with E-state index < -0.39 is 0 Å². The van der Waals surface area contributed by atoms with E-state index in [2.05, 4.69) is 104 Å². The Balaban J connectivity index is 1.46. The SMILES string of the molecule is C=CCCCCCC(c1cccc2c1Cc1ccccc1-2)C1c2ccccc2-c2ccccc21. The van der Waals surface area contributed by atoms with Crippen LogP contribution in [0.25, 0.3) is 22.3 Å². The van der Waals surface area contributed by atoms with Gasteiger partial charge in [0.25, 0.3) is 0 Å². The van der Waals surface area contributed by atoms with Crippen molar-refractivity contribution in [2.24, 2.45) is 0 Å². The van der Waals surface area contributed by atoms with Crippen molar-refractivity contribution in [3.8, 4) is 22.3 Å². The van der Waals surface area contributed by atoms with Crippen LogP contribution in [-0.4, -0.2) is 0 Å². The lowest BCUT2D eigenvalue weighted by molar-refractivity contribution is 0.519. The second kappa shape index (κ2) is 9.11. The number of unbranched alkanes of at least 4 members (excludes halogenated alkanes) is 3. The van der Waals surface area contributed by atoms with Crippen molar-refractivity contribution in [3.63, 3.8) is 0 Å². The van der Waals surface area contributed by atoms with Crippen LogP contribution in [0.2, 0.25) is 0 Å². The monoisotopic (exact) mass is 440 g/mol. The fourth-order valence-electron chi connectivity index (χ4n) is 6.49. The molecular formula is C34H32. The van der Waals surface area contributed by atoms with Crippen molar-refractivity contribution in [2.45, 2.75) is 50.4 Å². The largest absolute Gasteiger partial charge is 0.103 e. The Hall–Kier alpha value is -3.38. The number of benzene rings is 4. The molecule has 0 spiro atoms. The van der Waals surface area contributed by atoms with Crippen LogP contribution in [-0.2, 0) is 6.42 Å². The second-order valence-corrected chi connectivity index (χ2v) is 9.89. The highest BCUT2D eigenvalue weighted by atomic mass is 14.4. The van der Waals surface area contributed by atoms with Crippen molar-refractivity contribution in [3.05, 3.63) is 131 Å². The summed E-state index contributed by atoms with van der Waals surface area (Å²) in [5.74, 6) is 0.903. The minimum Gasteiger partial charge on any atom is -0.103 e. The van der Waals surface area contributed by atoms with Gasteiger partial charge in [-0.2, -0.15) is 0 Å². The summed E-state index contributed by atoms with van der Waals surface area (Å²) in [5, 5.41) is 0. The van der Waals surface area contributed by atoms with Gasteiger partial charge in [0.15, 0.2) is 0 Å². The molecule has 0 fully saturated rings. The molecule has 0 nitrogen and oxygen atoms in total. The fraction of sp³-hybridized carbons (Fsp3) is 0.235. The van der Waals surface area contributed by atoms with E-state index in [0.29, 0.717) is 11.8 Å². The molecule has 34 heavy (non-hydrogen) atoms. The maximum Gasteiger partial charge on any atom is 0.0170 e. The van der Waals surface area contributed by atoms with Crippen LogP contribution in [0, 0.1) is 0 Å². The summed E-state index contributed by atoms with van der Waals surface area (Å²) in [4.78, 5) is 0. The first-order chi connectivity index (χ1) is 16.9. The molecule has 4 aromatic rings. The molecule has 0 amide bonds. The molecular weight excluding hydrogens is 408 g/mol. The van der Waals surface area contributed by atoms with Gasteiger partial charge in [0.05, 0.1) is 0 Å². The second-order valence-electron chi connectivity index (χ2n) is 9.89. The summed E-state index contributed by atoms with van der Waals surface area (Å²) < 4.78 is 0. The average molecular weight is 441 g/mol. The van der Waals surface area contributed by atoms with Crippen molar-refractivity contribution in [1.82, 2.24) is 0 Å². The fourth-order valence-corrected chi connectivity index (χ4v) is 6.49. The first-order valence-corrected chi connectivity index (χ1v) is 12.9. The number of hydrogen-bond acceptors (Lipinski definition) is 0. The number of allylic oxidation sites excluding steroid dienone is 1. The van der Waals surface area contributed by atoms with Gasteiger partial charge in [-0.15, -0.1) is 6.58 Å². The first-order valence-electron chi connectivity index (χ1n) is 12.9. The Morgan fingerprint density at radius 1 is 0.676 bits per heavy atom. The molecule has 0 heterocycles. The van der Waals surface area contributed by atoms with E-state index in [1.807, 2.05) is 0 Å². The Kier molecular flexibility index (Phi) is 5.67. The lowest BCUT2D eigenvalue weighted by Gasteiger charge is -2.28. The molecule has 0 heteroatoms. The van der Waals surface area contributed by atoms with Crippen molar-refractivity contribution in [1.29, 1.82) is 0 Å². The Morgan fingerprint density at radius 2 is 1.32 bits per heavy atom. The number of hydrogen-bond donors (Lipinski definition) is 0. The highest BCUT2D eigenvalue weighted by molar-refractivity contribution is 5.81. The smallest absolute Gasteiger partial charge is 0.0170 e. The van der Waals surface area contributed by atoms with E-state index in [9.17, 15) is 0 Å². The van der Waals surface area contributed by atoms with E-state index in [1.54, 1.807) is 11.1 Å². The van der Waals surface area contributed by atoms with Gasteiger partial charge in [-0.1, -0.05) is 110 Å². The predicted octanol–water partition coefficient (Wildman–Crippen LogP) is 9.29. The molecule has 0 N–H and O–H groups in total. The number of rotatable bonds is 8. The summed E-state index contributed by atoms with van der Waals surface area (Å²) in [5.41, 5.74) is 13.3. The van der Waals surface area contributed by atoms with E-state index in [-0.39, 0.29) is 0 Å². The highest BCUT2D eigenvalue weighted by Gasteiger charge is 2.36. The Morgan fingerprint density at radius 3 is 2.06 bits per heavy atom. The third-order valence-electron chi connectivity index (χ3n) is 7.99. The van der Waals surface area contributed by atoms with E-state index >= 15 is 0 Å². The Labute approximate surface area is 204 Å². The molecule has 0 aliphatic heterocycles. The standard InChI is InChI=1S/C34H32/c1-2-3-4-5-6-18-32(29-22-13-21-26-25-15-8-7-14-24(25)23-33(26)29)34-30-19-11-9-16-27(30)28-17-10-12-20-31(28)34/h2,7-17,19-22,32,34H,1,3-6,18,23H2. The van der Waals surface area contributed by atoms with Gasteiger partial charge in [0.1, 0.15) is 0 Å². The van der Waals surface area contributed by atoms with Crippen LogP contribution in [0.5, 0.6) is 0 Å². The third-order valence-corrected chi connectivity index (χ3v) is 7.99. The molecule has 1 unspecified atom stereocenters. The molecule has 4 aromatic carbocycles. The quantitative estimate of drug-likeness (QED) is 0.166. The minimum absolute atomic E-state index is 0.419. The van der Waals surface area contributed by atoms with Gasteiger partial charge in [-0.25, -0.2) is 0 Å². The molecule has 0 saturated carbocycles. The topological polar surface area (TPSA) is 0 Å². The highest BCUT2D eigenvalue weighted by Crippen LogP contribution is 2.54. The summed E-state index contributed by atoms with van der Waals surface area (Å²) in [7, 11) is 0. The summed E-state index contributed by atoms with van der Waals surface area (Å²) in [6.45, 7) is 3.91. The normalized spacial score (nSPS) is 14.2. The summed E-state index contributed by atoms with van der Waals surface area (Å²) in [6.07, 6.45) is 9.23. The van der Waals surface area contributed by atoms with Gasteiger partial charge < -0.3 is 0 Å². The van der Waals surface area contributed by atoms with E-state index in [0.717, 1.165) is 12.8 Å². The van der Waals surface area contributed by atoms with Crippen LogP contribution in [0.1, 0.15) is 71.8 Å². The zero-order valence-electron chi connectivity index (χ0n) is 19.8. The summed E-state index contributed by atoms with van der Waals surface area (Å²) >= 11 is 0. The molecule has 0 saturated heterocycles. The van der Waals surface area contributed by atoms with Gasteiger partial charge in [0.2, 0.25) is 0 Å². The minimum atomic E-state index is 0.419. The summed E-state index contributed by atoms with van der Waals surface area (Å²) in [6, 6.07) is 34.3. The van der Waals surface area contributed by atoms with Crippen LogP contribution in [0.3, 0.4) is 0 Å². The van der Waals surface area contributed by atoms with Crippen LogP contribution in [0.4, 0.5) is 0 Å². The molecule has 0 bridgehead atoms. The predicted molar refractivity (Wildman–Crippen MR) is 144 cm³/mol. The average Bonchev–Trinajstić information content (AvgIpc) is 3.43. The van der Waals surface area contributed by atoms with Gasteiger partial charge in [-0.05, 0) is 81.7 Å². The molecule has 2 aliphatic rings. The van der Waals surface area contributed by atoms with E-state index in [4.69, 9.17) is 0 Å². The Bertz CT molecular complexity index is 1300. The lowest BCUT2D eigenvalue weighted by atomic mass is 9.75. The molecule has 0 radical (unpaired) electrons. The molecule has 6 rings (SSSR count). The molecule has 1 atom stereocenters. The van der Waals surface area contributed by atoms with E-state index in [1.165, 1.54) is 64.6 Å². The van der Waals surface area contributed by atoms with Crippen LogP contribution >= 0.6 is 0 Å². The third kappa shape index (κ3) is 3.53.